The average Bonchev–Trinajstić information content (AvgIpc) is 3.45. The summed E-state index contributed by atoms with van der Waals surface area (Å²) in [5, 5.41) is 3.89. The maximum Gasteiger partial charge on any atom is 0.236 e. The Morgan fingerprint density at radius 2 is 1.73 bits per heavy atom. The van der Waals surface area contributed by atoms with Crippen LogP contribution in [-0.2, 0) is 9.53 Å². The molecule has 3 saturated heterocycles. The predicted molar refractivity (Wildman–Crippen MR) is 117 cm³/mol. The number of carbonyl (C=O) groups is 1. The van der Waals surface area contributed by atoms with Gasteiger partial charge in [0.2, 0.25) is 5.91 Å². The molecule has 3 unspecified atom stereocenters. The number of carbonyl (C=O) groups excluding carboxylic acids is 1. The fourth-order valence-corrected chi connectivity index (χ4v) is 6.89. The van der Waals surface area contributed by atoms with Crippen molar-refractivity contribution in [1.82, 2.24) is 20.0 Å². The molecule has 0 aromatic rings. The van der Waals surface area contributed by atoms with Gasteiger partial charge >= 0.3 is 0 Å². The first-order valence-corrected chi connectivity index (χ1v) is 12.3. The Kier molecular flexibility index (Phi) is 5.93. The van der Waals surface area contributed by atoms with E-state index in [4.69, 9.17) is 4.74 Å². The van der Waals surface area contributed by atoms with Crippen LogP contribution in [0, 0.1) is 11.3 Å². The van der Waals surface area contributed by atoms with Gasteiger partial charge in [0, 0.05) is 70.3 Å². The molecule has 30 heavy (non-hydrogen) atoms. The highest BCUT2D eigenvalue weighted by molar-refractivity contribution is 5.81. The van der Waals surface area contributed by atoms with Crippen molar-refractivity contribution in [1.29, 1.82) is 0 Å². The maximum atomic E-state index is 12.6. The van der Waals surface area contributed by atoms with Gasteiger partial charge in [-0.1, -0.05) is 12.8 Å². The van der Waals surface area contributed by atoms with Crippen LogP contribution in [-0.4, -0.2) is 98.2 Å². The zero-order chi connectivity index (χ0) is 20.6. The minimum absolute atomic E-state index is 0.315. The number of ether oxygens (including phenoxy) is 1. The van der Waals surface area contributed by atoms with Crippen molar-refractivity contribution in [3.8, 4) is 0 Å². The molecule has 3 heterocycles. The fraction of sp³-hybridized carbons (Fsp3) is 0.913. The highest BCUT2D eigenvalue weighted by atomic mass is 16.5. The van der Waals surface area contributed by atoms with Gasteiger partial charge in [0.25, 0.3) is 0 Å². The van der Waals surface area contributed by atoms with Crippen LogP contribution in [0.1, 0.15) is 51.4 Å². The predicted octanol–water partition coefficient (Wildman–Crippen LogP) is 1.54. The number of fused-ring (bicyclic) bond motifs is 2. The van der Waals surface area contributed by atoms with Gasteiger partial charge in [-0.05, 0) is 38.5 Å². The first kappa shape index (κ1) is 20.6. The number of likely N-dealkylation sites (tertiary alicyclic amines) is 1. The lowest BCUT2D eigenvalue weighted by Gasteiger charge is -2.57. The van der Waals surface area contributed by atoms with Gasteiger partial charge < -0.3 is 19.9 Å². The normalized spacial score (nSPS) is 34.2. The Hall–Kier alpha value is -1.34. The van der Waals surface area contributed by atoms with Crippen molar-refractivity contribution in [3.05, 3.63) is 0 Å². The van der Waals surface area contributed by atoms with Gasteiger partial charge in [-0.3, -0.25) is 14.7 Å². The van der Waals surface area contributed by atoms with Crippen molar-refractivity contribution in [2.45, 2.75) is 63.5 Å². The van der Waals surface area contributed by atoms with E-state index in [2.05, 4.69) is 25.0 Å². The molecule has 3 atom stereocenters. The smallest absolute Gasteiger partial charge is 0.236 e. The van der Waals surface area contributed by atoms with Crippen LogP contribution in [0.2, 0.25) is 0 Å². The summed E-state index contributed by atoms with van der Waals surface area (Å²) in [5.41, 5.74) is 0.347. The van der Waals surface area contributed by atoms with Gasteiger partial charge in [0.15, 0.2) is 5.96 Å². The van der Waals surface area contributed by atoms with Crippen molar-refractivity contribution < 1.29 is 9.53 Å². The van der Waals surface area contributed by atoms with E-state index in [0.29, 0.717) is 35.9 Å². The molecule has 3 aliphatic heterocycles. The second kappa shape index (κ2) is 8.65. The van der Waals surface area contributed by atoms with E-state index in [1.54, 1.807) is 0 Å². The number of aliphatic imine (C=N–C) groups is 1. The summed E-state index contributed by atoms with van der Waals surface area (Å²) in [7, 11) is 1.91. The van der Waals surface area contributed by atoms with E-state index >= 15 is 0 Å². The lowest BCUT2D eigenvalue weighted by atomic mass is 9.54. The van der Waals surface area contributed by atoms with Crippen LogP contribution in [0.15, 0.2) is 4.99 Å². The van der Waals surface area contributed by atoms with Crippen LogP contribution in [0.4, 0.5) is 0 Å². The third kappa shape index (κ3) is 3.62. The standard InChI is InChI=1S/C23H39N5O2/c1-24-22(25-20-18-7-16-30-21(18)23(20)8-3-4-9-23)28-14-12-26(13-15-28)17-19(29)27-10-5-2-6-11-27/h18,20-21H,2-17H2,1H3,(H,24,25). The molecule has 1 spiro atoms. The van der Waals surface area contributed by atoms with Crippen LogP contribution in [0.5, 0.6) is 0 Å². The zero-order valence-corrected chi connectivity index (χ0v) is 18.7. The lowest BCUT2D eigenvalue weighted by molar-refractivity contribution is -0.133. The van der Waals surface area contributed by atoms with E-state index in [0.717, 1.165) is 64.7 Å². The van der Waals surface area contributed by atoms with Crippen LogP contribution in [0.3, 0.4) is 0 Å². The van der Waals surface area contributed by atoms with Crippen LogP contribution in [0.25, 0.3) is 0 Å². The molecular weight excluding hydrogens is 378 g/mol. The van der Waals surface area contributed by atoms with Gasteiger partial charge in [0.05, 0.1) is 12.6 Å². The number of nitrogens with one attached hydrogen (secondary N) is 1. The SMILES string of the molecule is CN=C(NC1C2CCOC2C12CCCC2)N1CCN(CC(=O)N2CCCCC2)CC1. The fourth-order valence-electron chi connectivity index (χ4n) is 6.89. The molecule has 7 nitrogen and oxygen atoms in total. The molecule has 7 heteroatoms. The summed E-state index contributed by atoms with van der Waals surface area (Å²) in [5.74, 6) is 2.03. The van der Waals surface area contributed by atoms with Gasteiger partial charge in [-0.2, -0.15) is 0 Å². The van der Waals surface area contributed by atoms with Crippen molar-refractivity contribution >= 4 is 11.9 Å². The third-order valence-corrected chi connectivity index (χ3v) is 8.52. The minimum atomic E-state index is 0.315. The van der Waals surface area contributed by atoms with Crippen LogP contribution < -0.4 is 5.32 Å². The Bertz CT molecular complexity index is 648. The minimum Gasteiger partial charge on any atom is -0.377 e. The summed E-state index contributed by atoms with van der Waals surface area (Å²) >= 11 is 0. The topological polar surface area (TPSA) is 60.4 Å². The van der Waals surface area contributed by atoms with E-state index < -0.39 is 0 Å². The van der Waals surface area contributed by atoms with E-state index in [1.807, 2.05) is 7.05 Å². The number of piperidine rings is 1. The Labute approximate surface area is 181 Å². The molecule has 2 aliphatic carbocycles. The number of hydrogen-bond acceptors (Lipinski definition) is 4. The second-order valence-corrected chi connectivity index (χ2v) is 10.1. The van der Waals surface area contributed by atoms with Gasteiger partial charge in [0.1, 0.15) is 0 Å². The number of amides is 1. The first-order chi connectivity index (χ1) is 14.7. The summed E-state index contributed by atoms with van der Waals surface area (Å²) in [4.78, 5) is 24.0. The molecule has 5 rings (SSSR count). The van der Waals surface area contributed by atoms with Gasteiger partial charge in [-0.15, -0.1) is 0 Å². The summed E-state index contributed by atoms with van der Waals surface area (Å²) in [6.45, 7) is 7.16. The molecule has 5 aliphatic rings. The Morgan fingerprint density at radius 1 is 1.00 bits per heavy atom. The van der Waals surface area contributed by atoms with Crippen molar-refractivity contribution in [3.63, 3.8) is 0 Å². The highest BCUT2D eigenvalue weighted by Gasteiger charge is 2.65. The van der Waals surface area contributed by atoms with E-state index in [-0.39, 0.29) is 0 Å². The first-order valence-electron chi connectivity index (χ1n) is 12.3. The number of rotatable bonds is 3. The van der Waals surface area contributed by atoms with Crippen LogP contribution >= 0.6 is 0 Å². The van der Waals surface area contributed by atoms with Gasteiger partial charge in [-0.25, -0.2) is 0 Å². The lowest BCUT2D eigenvalue weighted by Crippen LogP contribution is -2.70. The molecular formula is C23H39N5O2. The highest BCUT2D eigenvalue weighted by Crippen LogP contribution is 2.60. The summed E-state index contributed by atoms with van der Waals surface area (Å²) in [6, 6.07) is 0.518. The quantitative estimate of drug-likeness (QED) is 0.558. The Morgan fingerprint density at radius 3 is 2.43 bits per heavy atom. The average molecular weight is 418 g/mol. The molecule has 1 amide bonds. The molecule has 168 valence electrons. The molecule has 0 aromatic heterocycles. The molecule has 2 saturated carbocycles. The monoisotopic (exact) mass is 417 g/mol. The second-order valence-electron chi connectivity index (χ2n) is 10.1. The van der Waals surface area contributed by atoms with E-state index in [9.17, 15) is 4.79 Å². The molecule has 1 N–H and O–H groups in total. The molecule has 0 bridgehead atoms. The Balaban J connectivity index is 1.14. The maximum absolute atomic E-state index is 12.6. The molecule has 0 radical (unpaired) electrons. The molecule has 5 fully saturated rings. The number of nitrogens with zero attached hydrogens (tertiary/aromatic N) is 4. The summed E-state index contributed by atoms with van der Waals surface area (Å²) in [6.07, 6.45) is 10.5. The number of hydrogen-bond donors (Lipinski definition) is 1. The molecule has 0 aromatic carbocycles. The largest absolute Gasteiger partial charge is 0.377 e. The summed E-state index contributed by atoms with van der Waals surface area (Å²) < 4.78 is 6.15. The number of piperazine rings is 1. The zero-order valence-electron chi connectivity index (χ0n) is 18.7. The van der Waals surface area contributed by atoms with Crippen molar-refractivity contribution in [2.24, 2.45) is 16.3 Å². The third-order valence-electron chi connectivity index (χ3n) is 8.52. The van der Waals surface area contributed by atoms with E-state index in [1.165, 1.54) is 38.5 Å². The number of guanidine groups is 1. The van der Waals surface area contributed by atoms with Crippen molar-refractivity contribution in [2.75, 3.05) is 59.5 Å².